The van der Waals surface area contributed by atoms with Gasteiger partial charge in [-0.15, -0.1) is 0 Å². The van der Waals surface area contributed by atoms with Crippen LogP contribution in [0.4, 0.5) is 5.69 Å². The lowest BCUT2D eigenvalue weighted by molar-refractivity contribution is -0.307. The number of ether oxygens (including phenoxy) is 1. The SMILES string of the molecule is CCOc1ccc([NH3+])cc1.O=C([O-])CC(O)C(=O)O. The van der Waals surface area contributed by atoms with Crippen LogP contribution < -0.4 is 15.6 Å². The second-order valence-electron chi connectivity index (χ2n) is 3.51. The lowest BCUT2D eigenvalue weighted by Gasteiger charge is -2.03. The summed E-state index contributed by atoms with van der Waals surface area (Å²) >= 11 is 0. The minimum absolute atomic E-state index is 0.719. The Morgan fingerprint density at radius 1 is 1.37 bits per heavy atom. The predicted molar refractivity (Wildman–Crippen MR) is 63.4 cm³/mol. The molecule has 7 heteroatoms. The number of rotatable bonds is 5. The van der Waals surface area contributed by atoms with Crippen LogP contribution in [0.2, 0.25) is 0 Å². The molecule has 5 N–H and O–H groups in total. The third-order valence-electron chi connectivity index (χ3n) is 1.88. The first kappa shape index (κ1) is 16.9. The molecular formula is C12H17NO6. The largest absolute Gasteiger partial charge is 0.550 e. The minimum Gasteiger partial charge on any atom is -0.550 e. The molecule has 0 fully saturated rings. The van der Waals surface area contributed by atoms with Crippen molar-refractivity contribution in [2.75, 3.05) is 6.61 Å². The standard InChI is InChI=1S/C8H11NO.C4H6O5/c1-2-10-8-5-3-7(9)4-6-8;5-2(4(8)9)1-3(6)7/h3-6H,2,9H2,1H3;2,5H,1H2,(H,6,7)(H,8,9). The predicted octanol–water partition coefficient (Wildman–Crippen LogP) is -1.47. The number of aliphatic hydroxyl groups is 1. The molecule has 0 aliphatic carbocycles. The van der Waals surface area contributed by atoms with Crippen molar-refractivity contribution in [2.24, 2.45) is 0 Å². The van der Waals surface area contributed by atoms with Gasteiger partial charge in [-0.2, -0.15) is 0 Å². The van der Waals surface area contributed by atoms with E-state index in [0.29, 0.717) is 0 Å². The van der Waals surface area contributed by atoms with E-state index in [2.05, 4.69) is 5.73 Å². The molecule has 1 aromatic rings. The Morgan fingerprint density at radius 2 is 1.89 bits per heavy atom. The first-order valence-corrected chi connectivity index (χ1v) is 5.52. The smallest absolute Gasteiger partial charge is 0.332 e. The zero-order valence-corrected chi connectivity index (χ0v) is 10.5. The minimum atomic E-state index is -1.85. The van der Waals surface area contributed by atoms with E-state index in [9.17, 15) is 14.7 Å². The van der Waals surface area contributed by atoms with E-state index < -0.39 is 24.5 Å². The molecule has 0 aliphatic rings. The van der Waals surface area contributed by atoms with E-state index >= 15 is 0 Å². The molecule has 106 valence electrons. The number of carbonyl (C=O) groups is 2. The molecule has 0 amide bonds. The summed E-state index contributed by atoms with van der Waals surface area (Å²) in [6.45, 7) is 2.69. The van der Waals surface area contributed by atoms with Crippen molar-refractivity contribution in [1.29, 1.82) is 0 Å². The lowest BCUT2D eigenvalue weighted by Crippen LogP contribution is -2.39. The Hall–Kier alpha value is -2.12. The Labute approximate surface area is 110 Å². The fourth-order valence-corrected chi connectivity index (χ4v) is 0.998. The Balaban J connectivity index is 0.000000344. The van der Waals surface area contributed by atoms with Gasteiger partial charge < -0.3 is 30.6 Å². The van der Waals surface area contributed by atoms with Crippen LogP contribution in [0, 0.1) is 0 Å². The molecule has 1 atom stereocenters. The molecule has 19 heavy (non-hydrogen) atoms. The first-order chi connectivity index (χ1) is 8.86. The van der Waals surface area contributed by atoms with Crippen LogP contribution in [-0.4, -0.2) is 34.9 Å². The van der Waals surface area contributed by atoms with Crippen molar-refractivity contribution >= 4 is 17.6 Å². The summed E-state index contributed by atoms with van der Waals surface area (Å²) < 4.78 is 5.23. The average Bonchev–Trinajstić information content (AvgIpc) is 2.32. The van der Waals surface area contributed by atoms with Gasteiger partial charge in [0.1, 0.15) is 11.4 Å². The zero-order chi connectivity index (χ0) is 14.8. The third kappa shape index (κ3) is 8.58. The average molecular weight is 271 g/mol. The van der Waals surface area contributed by atoms with Crippen molar-refractivity contribution in [1.82, 2.24) is 0 Å². The monoisotopic (exact) mass is 271 g/mol. The Kier molecular flexibility index (Phi) is 7.90. The highest BCUT2D eigenvalue weighted by Gasteiger charge is 2.11. The number of quaternary nitrogens is 1. The van der Waals surface area contributed by atoms with Gasteiger partial charge in [0.2, 0.25) is 0 Å². The molecule has 0 saturated carbocycles. The maximum Gasteiger partial charge on any atom is 0.332 e. The van der Waals surface area contributed by atoms with Gasteiger partial charge in [0.15, 0.2) is 6.10 Å². The molecule has 0 spiro atoms. The molecule has 0 aromatic heterocycles. The number of hydrogen-bond donors (Lipinski definition) is 3. The molecule has 7 nitrogen and oxygen atoms in total. The van der Waals surface area contributed by atoms with Crippen LogP contribution >= 0.6 is 0 Å². The van der Waals surface area contributed by atoms with Crippen LogP contribution in [0.15, 0.2) is 24.3 Å². The highest BCUT2D eigenvalue weighted by molar-refractivity contribution is 5.78. The van der Waals surface area contributed by atoms with Gasteiger partial charge in [-0.25, -0.2) is 4.79 Å². The van der Waals surface area contributed by atoms with E-state index in [4.69, 9.17) is 14.9 Å². The zero-order valence-electron chi connectivity index (χ0n) is 10.5. The quantitative estimate of drug-likeness (QED) is 0.598. The van der Waals surface area contributed by atoms with Crippen molar-refractivity contribution < 1.29 is 35.4 Å². The van der Waals surface area contributed by atoms with Gasteiger partial charge in [0.05, 0.1) is 6.61 Å². The number of carboxylic acids is 2. The van der Waals surface area contributed by atoms with E-state index in [1.165, 1.54) is 0 Å². The molecule has 1 rings (SSSR count). The van der Waals surface area contributed by atoms with Gasteiger partial charge in [0, 0.05) is 24.5 Å². The van der Waals surface area contributed by atoms with Crippen LogP contribution in [0.5, 0.6) is 5.75 Å². The highest BCUT2D eigenvalue weighted by atomic mass is 16.5. The van der Waals surface area contributed by atoms with E-state index in [1.807, 2.05) is 31.2 Å². The Morgan fingerprint density at radius 3 is 2.21 bits per heavy atom. The third-order valence-corrected chi connectivity index (χ3v) is 1.88. The molecule has 1 unspecified atom stereocenters. The molecule has 0 heterocycles. The summed E-state index contributed by atoms with van der Waals surface area (Å²) in [5, 5.41) is 25.7. The summed E-state index contributed by atoms with van der Waals surface area (Å²) in [4.78, 5) is 19.3. The van der Waals surface area contributed by atoms with Crippen LogP contribution in [0.3, 0.4) is 0 Å². The fourth-order valence-electron chi connectivity index (χ4n) is 0.998. The summed E-state index contributed by atoms with van der Waals surface area (Å²) in [7, 11) is 0. The van der Waals surface area contributed by atoms with E-state index in [1.54, 1.807) is 0 Å². The molecule has 0 radical (unpaired) electrons. The van der Waals surface area contributed by atoms with Crippen molar-refractivity contribution in [3.63, 3.8) is 0 Å². The molecule has 0 aliphatic heterocycles. The van der Waals surface area contributed by atoms with Crippen molar-refractivity contribution in [3.8, 4) is 5.75 Å². The summed E-state index contributed by atoms with van der Waals surface area (Å²) in [5.74, 6) is -2.22. The fraction of sp³-hybridized carbons (Fsp3) is 0.333. The first-order valence-electron chi connectivity index (χ1n) is 5.52. The second kappa shape index (κ2) is 8.90. The van der Waals surface area contributed by atoms with Crippen molar-refractivity contribution in [3.05, 3.63) is 24.3 Å². The molecular weight excluding hydrogens is 254 g/mol. The number of carbonyl (C=O) groups excluding carboxylic acids is 1. The highest BCUT2D eigenvalue weighted by Crippen LogP contribution is 2.11. The number of carboxylic acid groups (broad SMARTS) is 2. The van der Waals surface area contributed by atoms with Gasteiger partial charge in [-0.1, -0.05) is 0 Å². The van der Waals surface area contributed by atoms with Crippen LogP contribution in [-0.2, 0) is 9.59 Å². The van der Waals surface area contributed by atoms with Crippen LogP contribution in [0.25, 0.3) is 0 Å². The van der Waals surface area contributed by atoms with Gasteiger partial charge in [-0.05, 0) is 19.1 Å². The number of hydrogen-bond acceptors (Lipinski definition) is 5. The normalized spacial score (nSPS) is 10.9. The molecule has 0 bridgehead atoms. The van der Waals surface area contributed by atoms with E-state index in [0.717, 1.165) is 18.0 Å². The lowest BCUT2D eigenvalue weighted by atomic mass is 10.3. The maximum atomic E-state index is 9.69. The van der Waals surface area contributed by atoms with Gasteiger partial charge >= 0.3 is 5.97 Å². The van der Waals surface area contributed by atoms with Crippen LogP contribution in [0.1, 0.15) is 13.3 Å². The number of benzene rings is 1. The van der Waals surface area contributed by atoms with Crippen molar-refractivity contribution in [2.45, 2.75) is 19.4 Å². The summed E-state index contributed by atoms with van der Waals surface area (Å²) in [6.07, 6.45) is -2.72. The second-order valence-corrected chi connectivity index (χ2v) is 3.51. The van der Waals surface area contributed by atoms with Gasteiger partial charge in [0.25, 0.3) is 0 Å². The van der Waals surface area contributed by atoms with E-state index in [-0.39, 0.29) is 0 Å². The topological polar surface area (TPSA) is 135 Å². The maximum absolute atomic E-state index is 9.69. The molecule has 0 saturated heterocycles. The number of aliphatic hydroxyl groups excluding tert-OH is 1. The number of aliphatic carboxylic acids is 2. The Bertz CT molecular complexity index is 403. The summed E-state index contributed by atoms with van der Waals surface area (Å²) in [6, 6.07) is 7.72. The summed E-state index contributed by atoms with van der Waals surface area (Å²) in [5.41, 5.74) is 4.78. The van der Waals surface area contributed by atoms with Gasteiger partial charge in [-0.3, -0.25) is 0 Å². The molecule has 1 aromatic carbocycles.